The van der Waals surface area contributed by atoms with E-state index in [0.29, 0.717) is 13.1 Å². The van der Waals surface area contributed by atoms with Crippen LogP contribution >= 0.6 is 0 Å². The van der Waals surface area contributed by atoms with Gasteiger partial charge >= 0.3 is 6.03 Å². The molecular formula is C10H23N3O. The van der Waals surface area contributed by atoms with Crippen LogP contribution in [0, 0.1) is 0 Å². The van der Waals surface area contributed by atoms with Gasteiger partial charge in [-0.25, -0.2) is 4.79 Å². The maximum Gasteiger partial charge on any atom is 0.318 e. The zero-order valence-corrected chi connectivity index (χ0v) is 9.92. The van der Waals surface area contributed by atoms with E-state index in [1.54, 1.807) is 4.90 Å². The molecule has 4 nitrogen and oxygen atoms in total. The molecule has 84 valence electrons. The van der Waals surface area contributed by atoms with Crippen LogP contribution in [-0.2, 0) is 0 Å². The molecule has 2 amide bonds. The number of rotatable bonds is 3. The first-order valence-electron chi connectivity index (χ1n) is 5.07. The van der Waals surface area contributed by atoms with Crippen LogP contribution in [0.1, 0.15) is 34.6 Å². The second kappa shape index (κ2) is 5.20. The van der Waals surface area contributed by atoms with E-state index in [0.717, 1.165) is 0 Å². The first-order valence-corrected chi connectivity index (χ1v) is 5.07. The van der Waals surface area contributed by atoms with Gasteiger partial charge in [-0.2, -0.15) is 0 Å². The fourth-order valence-corrected chi connectivity index (χ4v) is 1.13. The molecule has 0 aromatic rings. The predicted molar refractivity (Wildman–Crippen MR) is 59.2 cm³/mol. The van der Waals surface area contributed by atoms with Gasteiger partial charge in [0.25, 0.3) is 0 Å². The molecule has 0 aliphatic carbocycles. The molecule has 3 N–H and O–H groups in total. The Morgan fingerprint density at radius 2 is 1.93 bits per heavy atom. The number of carbonyl (C=O) groups excluding carboxylic acids is 1. The molecule has 0 fully saturated rings. The van der Waals surface area contributed by atoms with Gasteiger partial charge in [-0.1, -0.05) is 0 Å². The summed E-state index contributed by atoms with van der Waals surface area (Å²) < 4.78 is 0. The van der Waals surface area contributed by atoms with Gasteiger partial charge in [0, 0.05) is 24.7 Å². The molecule has 0 heterocycles. The second-order valence-corrected chi connectivity index (χ2v) is 4.76. The molecule has 0 atom stereocenters. The number of nitrogens with zero attached hydrogens (tertiary/aromatic N) is 1. The van der Waals surface area contributed by atoms with E-state index in [-0.39, 0.29) is 17.6 Å². The zero-order chi connectivity index (χ0) is 11.4. The van der Waals surface area contributed by atoms with Crippen LogP contribution < -0.4 is 11.1 Å². The maximum atomic E-state index is 11.7. The first kappa shape index (κ1) is 13.2. The summed E-state index contributed by atoms with van der Waals surface area (Å²) >= 11 is 0. The van der Waals surface area contributed by atoms with E-state index in [1.165, 1.54) is 0 Å². The van der Waals surface area contributed by atoms with Crippen molar-refractivity contribution >= 4 is 6.03 Å². The fourth-order valence-electron chi connectivity index (χ4n) is 1.13. The van der Waals surface area contributed by atoms with Crippen LogP contribution in [0.25, 0.3) is 0 Å². The van der Waals surface area contributed by atoms with Crippen molar-refractivity contribution in [3.8, 4) is 0 Å². The average Bonchev–Trinajstić information content (AvgIpc) is 1.95. The third-order valence-corrected chi connectivity index (χ3v) is 1.74. The minimum atomic E-state index is -0.196. The second-order valence-electron chi connectivity index (χ2n) is 4.76. The number of hydrogen-bond donors (Lipinski definition) is 2. The Labute approximate surface area is 86.8 Å². The Morgan fingerprint density at radius 1 is 1.43 bits per heavy atom. The summed E-state index contributed by atoms with van der Waals surface area (Å²) in [6.45, 7) is 11.0. The summed E-state index contributed by atoms with van der Waals surface area (Å²) in [4.78, 5) is 13.5. The van der Waals surface area contributed by atoms with Gasteiger partial charge in [-0.15, -0.1) is 0 Å². The minimum absolute atomic E-state index is 0.0436. The van der Waals surface area contributed by atoms with E-state index >= 15 is 0 Å². The SMILES string of the molecule is CC(C)N(CCN)C(=O)NC(C)(C)C. The normalized spacial score (nSPS) is 11.6. The van der Waals surface area contributed by atoms with Gasteiger partial charge in [-0.3, -0.25) is 0 Å². The van der Waals surface area contributed by atoms with Gasteiger partial charge in [-0.05, 0) is 34.6 Å². The van der Waals surface area contributed by atoms with Crippen molar-refractivity contribution in [3.63, 3.8) is 0 Å². The van der Waals surface area contributed by atoms with Gasteiger partial charge in [0.1, 0.15) is 0 Å². The first-order chi connectivity index (χ1) is 6.28. The lowest BCUT2D eigenvalue weighted by Gasteiger charge is -2.30. The molecule has 0 aromatic heterocycles. The average molecular weight is 201 g/mol. The highest BCUT2D eigenvalue weighted by Crippen LogP contribution is 2.03. The van der Waals surface area contributed by atoms with Gasteiger partial charge < -0.3 is 16.0 Å². The van der Waals surface area contributed by atoms with Crippen LogP contribution in [0.4, 0.5) is 4.79 Å². The number of nitrogens with one attached hydrogen (secondary N) is 1. The Kier molecular flexibility index (Phi) is 4.91. The van der Waals surface area contributed by atoms with Crippen LogP contribution in [0.3, 0.4) is 0 Å². The third-order valence-electron chi connectivity index (χ3n) is 1.74. The Hall–Kier alpha value is -0.770. The molecule has 0 unspecified atom stereocenters. The quantitative estimate of drug-likeness (QED) is 0.720. The monoisotopic (exact) mass is 201 g/mol. The number of hydrogen-bond acceptors (Lipinski definition) is 2. The molecule has 0 rings (SSSR count). The smallest absolute Gasteiger partial charge is 0.318 e. The Balaban J connectivity index is 4.30. The summed E-state index contributed by atoms with van der Waals surface area (Å²) in [5, 5.41) is 2.92. The lowest BCUT2D eigenvalue weighted by molar-refractivity contribution is 0.176. The van der Waals surface area contributed by atoms with E-state index < -0.39 is 0 Å². The maximum absolute atomic E-state index is 11.7. The van der Waals surface area contributed by atoms with Crippen LogP contribution in [0.5, 0.6) is 0 Å². The fraction of sp³-hybridized carbons (Fsp3) is 0.900. The van der Waals surface area contributed by atoms with E-state index in [4.69, 9.17) is 5.73 Å². The standard InChI is InChI=1S/C10H23N3O/c1-8(2)13(7-6-11)9(14)12-10(3,4)5/h8H,6-7,11H2,1-5H3,(H,12,14). The molecule has 14 heavy (non-hydrogen) atoms. The highest BCUT2D eigenvalue weighted by Gasteiger charge is 2.20. The van der Waals surface area contributed by atoms with Crippen LogP contribution in [0.2, 0.25) is 0 Å². The van der Waals surface area contributed by atoms with E-state index in [1.807, 2.05) is 34.6 Å². The predicted octanol–water partition coefficient (Wildman–Crippen LogP) is 1.16. The molecule has 4 heteroatoms. The van der Waals surface area contributed by atoms with Crippen molar-refractivity contribution in [1.82, 2.24) is 10.2 Å². The summed E-state index contributed by atoms with van der Waals surface area (Å²) in [6.07, 6.45) is 0. The number of amides is 2. The number of urea groups is 1. The van der Waals surface area contributed by atoms with Crippen molar-refractivity contribution in [2.24, 2.45) is 5.73 Å². The molecule has 0 radical (unpaired) electrons. The summed E-state index contributed by atoms with van der Waals surface area (Å²) in [7, 11) is 0. The van der Waals surface area contributed by atoms with E-state index in [2.05, 4.69) is 5.32 Å². The topological polar surface area (TPSA) is 58.4 Å². The zero-order valence-electron chi connectivity index (χ0n) is 9.92. The molecule has 0 aliphatic heterocycles. The van der Waals surface area contributed by atoms with Crippen molar-refractivity contribution in [3.05, 3.63) is 0 Å². The van der Waals surface area contributed by atoms with Crippen LogP contribution in [-0.4, -0.2) is 35.6 Å². The molecule has 0 spiro atoms. The van der Waals surface area contributed by atoms with E-state index in [9.17, 15) is 4.79 Å². The van der Waals surface area contributed by atoms with Gasteiger partial charge in [0.05, 0.1) is 0 Å². The van der Waals surface area contributed by atoms with Crippen molar-refractivity contribution in [1.29, 1.82) is 0 Å². The molecule has 0 saturated carbocycles. The molecular weight excluding hydrogens is 178 g/mol. The lowest BCUT2D eigenvalue weighted by Crippen LogP contribution is -2.51. The molecule has 0 bridgehead atoms. The summed E-state index contributed by atoms with van der Waals surface area (Å²) in [6, 6.07) is 0.138. The molecule has 0 aromatic carbocycles. The summed E-state index contributed by atoms with van der Waals surface area (Å²) in [5.74, 6) is 0. The molecule has 0 saturated heterocycles. The Morgan fingerprint density at radius 3 is 2.21 bits per heavy atom. The van der Waals surface area contributed by atoms with Crippen molar-refractivity contribution in [2.75, 3.05) is 13.1 Å². The van der Waals surface area contributed by atoms with Crippen molar-refractivity contribution in [2.45, 2.75) is 46.2 Å². The lowest BCUT2D eigenvalue weighted by atomic mass is 10.1. The molecule has 0 aliphatic rings. The van der Waals surface area contributed by atoms with Crippen molar-refractivity contribution < 1.29 is 4.79 Å². The Bertz CT molecular complexity index is 184. The van der Waals surface area contributed by atoms with Crippen LogP contribution in [0.15, 0.2) is 0 Å². The third kappa shape index (κ3) is 5.07. The summed E-state index contributed by atoms with van der Waals surface area (Å²) in [5.41, 5.74) is 5.25. The highest BCUT2D eigenvalue weighted by molar-refractivity contribution is 5.75. The minimum Gasteiger partial charge on any atom is -0.333 e. The van der Waals surface area contributed by atoms with Gasteiger partial charge in [0.2, 0.25) is 0 Å². The highest BCUT2D eigenvalue weighted by atomic mass is 16.2. The number of nitrogens with two attached hydrogens (primary N) is 1. The van der Waals surface area contributed by atoms with Gasteiger partial charge in [0.15, 0.2) is 0 Å². The largest absolute Gasteiger partial charge is 0.333 e. The number of carbonyl (C=O) groups is 1.